The number of hydrogen-bond donors (Lipinski definition) is 1. The molecule has 0 aliphatic carbocycles. The molecule has 82 valence electrons. The number of carbonyl (C=O) groups excluding carboxylic acids is 1. The summed E-state index contributed by atoms with van der Waals surface area (Å²) in [6, 6.07) is 0.431. The number of carbonyl (C=O) groups is 1. The first-order valence-electron chi connectivity index (χ1n) is 5.03. The standard InChI is InChI=1S/C10H20N2OS/c1-10(2,11-3)9(13)12(4)8-5-6-14-7-8/h8,11H,5-7H2,1-4H3. The average molecular weight is 216 g/mol. The Balaban J connectivity index is 2.59. The molecule has 0 aromatic rings. The highest BCUT2D eigenvalue weighted by Gasteiger charge is 2.33. The van der Waals surface area contributed by atoms with E-state index in [1.807, 2.05) is 44.6 Å². The molecule has 1 fully saturated rings. The highest BCUT2D eigenvalue weighted by Crippen LogP contribution is 2.23. The largest absolute Gasteiger partial charge is 0.340 e. The van der Waals surface area contributed by atoms with E-state index in [0.29, 0.717) is 6.04 Å². The SMILES string of the molecule is CNC(C)(C)C(=O)N(C)C1CCSC1. The fraction of sp³-hybridized carbons (Fsp3) is 0.900. The third-order valence-corrected chi connectivity index (χ3v) is 4.08. The quantitative estimate of drug-likeness (QED) is 0.762. The molecule has 1 atom stereocenters. The number of hydrogen-bond acceptors (Lipinski definition) is 3. The Labute approximate surface area is 90.6 Å². The molecule has 3 nitrogen and oxygen atoms in total. The second-order valence-electron chi connectivity index (χ2n) is 4.31. The van der Waals surface area contributed by atoms with Crippen LogP contribution in [0.15, 0.2) is 0 Å². The normalized spacial score (nSPS) is 22.4. The van der Waals surface area contributed by atoms with Crippen molar-refractivity contribution in [1.82, 2.24) is 10.2 Å². The fourth-order valence-electron chi connectivity index (χ4n) is 1.54. The number of nitrogens with one attached hydrogen (secondary N) is 1. The number of nitrogens with zero attached hydrogens (tertiary/aromatic N) is 1. The van der Waals surface area contributed by atoms with Crippen molar-refractivity contribution in [2.24, 2.45) is 0 Å². The van der Waals surface area contributed by atoms with Crippen molar-refractivity contribution >= 4 is 17.7 Å². The first kappa shape index (κ1) is 11.9. The Morgan fingerprint density at radius 2 is 2.21 bits per heavy atom. The maximum atomic E-state index is 12.0. The van der Waals surface area contributed by atoms with Crippen molar-refractivity contribution in [2.75, 3.05) is 25.6 Å². The lowest BCUT2D eigenvalue weighted by Crippen LogP contribution is -2.54. The van der Waals surface area contributed by atoms with Gasteiger partial charge in [-0.1, -0.05) is 0 Å². The van der Waals surface area contributed by atoms with Gasteiger partial charge < -0.3 is 10.2 Å². The molecule has 4 heteroatoms. The summed E-state index contributed by atoms with van der Waals surface area (Å²) >= 11 is 1.93. The maximum Gasteiger partial charge on any atom is 0.242 e. The van der Waals surface area contributed by atoms with Gasteiger partial charge in [0.05, 0.1) is 5.54 Å². The van der Waals surface area contributed by atoms with Gasteiger partial charge in [-0.05, 0) is 33.1 Å². The molecule has 1 N–H and O–H groups in total. The predicted molar refractivity (Wildman–Crippen MR) is 61.6 cm³/mol. The summed E-state index contributed by atoms with van der Waals surface area (Å²) < 4.78 is 0. The van der Waals surface area contributed by atoms with Crippen molar-refractivity contribution in [3.05, 3.63) is 0 Å². The van der Waals surface area contributed by atoms with E-state index in [1.54, 1.807) is 0 Å². The van der Waals surface area contributed by atoms with E-state index in [-0.39, 0.29) is 5.91 Å². The zero-order chi connectivity index (χ0) is 10.8. The minimum atomic E-state index is -0.442. The molecule has 0 spiro atoms. The monoisotopic (exact) mass is 216 g/mol. The Hall–Kier alpha value is -0.220. The van der Waals surface area contributed by atoms with Crippen molar-refractivity contribution < 1.29 is 4.79 Å². The van der Waals surface area contributed by atoms with Crippen molar-refractivity contribution in [1.29, 1.82) is 0 Å². The summed E-state index contributed by atoms with van der Waals surface area (Å²) in [4.78, 5) is 13.9. The van der Waals surface area contributed by atoms with Gasteiger partial charge in [0.2, 0.25) is 5.91 Å². The van der Waals surface area contributed by atoms with E-state index in [4.69, 9.17) is 0 Å². The van der Waals surface area contributed by atoms with Crippen molar-refractivity contribution in [3.63, 3.8) is 0 Å². The van der Waals surface area contributed by atoms with Crippen LogP contribution in [0.3, 0.4) is 0 Å². The molecule has 0 aromatic heterocycles. The summed E-state index contributed by atoms with van der Waals surface area (Å²) in [5.41, 5.74) is -0.442. The second kappa shape index (κ2) is 4.53. The molecule has 0 aromatic carbocycles. The van der Waals surface area contributed by atoms with Crippen LogP contribution >= 0.6 is 11.8 Å². The van der Waals surface area contributed by atoms with E-state index in [2.05, 4.69) is 5.32 Å². The lowest BCUT2D eigenvalue weighted by atomic mass is 10.0. The molecular weight excluding hydrogens is 196 g/mol. The summed E-state index contributed by atoms with van der Waals surface area (Å²) in [6.45, 7) is 3.85. The summed E-state index contributed by atoms with van der Waals surface area (Å²) in [7, 11) is 3.74. The molecule has 1 rings (SSSR count). The first-order valence-corrected chi connectivity index (χ1v) is 6.18. The van der Waals surface area contributed by atoms with Crippen LogP contribution in [0.2, 0.25) is 0 Å². The van der Waals surface area contributed by atoms with Crippen LogP contribution in [0, 0.1) is 0 Å². The van der Waals surface area contributed by atoms with Crippen molar-refractivity contribution in [3.8, 4) is 0 Å². The molecule has 0 radical (unpaired) electrons. The minimum absolute atomic E-state index is 0.188. The second-order valence-corrected chi connectivity index (χ2v) is 5.46. The molecule has 0 saturated carbocycles. The minimum Gasteiger partial charge on any atom is -0.340 e. The van der Waals surface area contributed by atoms with Crippen LogP contribution in [0.5, 0.6) is 0 Å². The van der Waals surface area contributed by atoms with Crippen LogP contribution in [0.1, 0.15) is 20.3 Å². The average Bonchev–Trinajstić information content (AvgIpc) is 2.68. The molecule has 1 saturated heterocycles. The number of likely N-dealkylation sites (N-methyl/N-ethyl adjacent to an activating group) is 2. The maximum absolute atomic E-state index is 12.0. The zero-order valence-electron chi connectivity index (χ0n) is 9.46. The van der Waals surface area contributed by atoms with E-state index < -0.39 is 5.54 Å². The third kappa shape index (κ3) is 2.42. The number of rotatable bonds is 3. The first-order chi connectivity index (χ1) is 6.49. The molecule has 1 heterocycles. The van der Waals surface area contributed by atoms with E-state index in [0.717, 1.165) is 12.2 Å². The Morgan fingerprint density at radius 1 is 1.57 bits per heavy atom. The van der Waals surface area contributed by atoms with Gasteiger partial charge in [-0.2, -0.15) is 11.8 Å². The summed E-state index contributed by atoms with van der Waals surface area (Å²) in [6.07, 6.45) is 1.13. The summed E-state index contributed by atoms with van der Waals surface area (Å²) in [5.74, 6) is 2.46. The van der Waals surface area contributed by atoms with Crippen LogP contribution in [-0.4, -0.2) is 48.0 Å². The highest BCUT2D eigenvalue weighted by molar-refractivity contribution is 7.99. The summed E-state index contributed by atoms with van der Waals surface area (Å²) in [5, 5.41) is 3.05. The smallest absolute Gasteiger partial charge is 0.242 e. The Kier molecular flexibility index (Phi) is 3.84. The third-order valence-electron chi connectivity index (χ3n) is 2.93. The van der Waals surface area contributed by atoms with Gasteiger partial charge in [-0.3, -0.25) is 4.79 Å². The zero-order valence-corrected chi connectivity index (χ0v) is 10.3. The van der Waals surface area contributed by atoms with Crippen LogP contribution in [0.25, 0.3) is 0 Å². The highest BCUT2D eigenvalue weighted by atomic mass is 32.2. The molecule has 1 aliphatic heterocycles. The molecule has 14 heavy (non-hydrogen) atoms. The van der Waals surface area contributed by atoms with Crippen LogP contribution in [-0.2, 0) is 4.79 Å². The van der Waals surface area contributed by atoms with Crippen LogP contribution < -0.4 is 5.32 Å². The van der Waals surface area contributed by atoms with Crippen LogP contribution in [0.4, 0.5) is 0 Å². The van der Waals surface area contributed by atoms with Gasteiger partial charge in [-0.15, -0.1) is 0 Å². The lowest BCUT2D eigenvalue weighted by Gasteiger charge is -2.32. The van der Waals surface area contributed by atoms with Gasteiger partial charge in [-0.25, -0.2) is 0 Å². The van der Waals surface area contributed by atoms with E-state index in [9.17, 15) is 4.79 Å². The predicted octanol–water partition coefficient (Wildman–Crippen LogP) is 0.948. The molecule has 1 unspecified atom stereocenters. The van der Waals surface area contributed by atoms with Gasteiger partial charge in [0.15, 0.2) is 0 Å². The molecule has 1 aliphatic rings. The van der Waals surface area contributed by atoms with Gasteiger partial charge in [0, 0.05) is 18.8 Å². The van der Waals surface area contributed by atoms with E-state index in [1.165, 1.54) is 5.75 Å². The number of thioether (sulfide) groups is 1. The molecular formula is C10H20N2OS. The lowest BCUT2D eigenvalue weighted by molar-refractivity contribution is -0.137. The topological polar surface area (TPSA) is 32.3 Å². The van der Waals surface area contributed by atoms with E-state index >= 15 is 0 Å². The Bertz CT molecular complexity index is 212. The van der Waals surface area contributed by atoms with Gasteiger partial charge in [0.25, 0.3) is 0 Å². The van der Waals surface area contributed by atoms with Gasteiger partial charge >= 0.3 is 0 Å². The molecule has 0 bridgehead atoms. The fourth-order valence-corrected chi connectivity index (χ4v) is 2.81. The van der Waals surface area contributed by atoms with Gasteiger partial charge in [0.1, 0.15) is 0 Å². The molecule has 1 amide bonds. The van der Waals surface area contributed by atoms with Crippen molar-refractivity contribution in [2.45, 2.75) is 31.8 Å². The number of amides is 1. The Morgan fingerprint density at radius 3 is 2.64 bits per heavy atom.